The van der Waals surface area contributed by atoms with Crippen LogP contribution >= 0.6 is 12.2 Å². The van der Waals surface area contributed by atoms with Gasteiger partial charge in [-0.1, -0.05) is 24.3 Å². The van der Waals surface area contributed by atoms with Gasteiger partial charge in [0.25, 0.3) is 5.91 Å². The van der Waals surface area contributed by atoms with Crippen LogP contribution in [0.3, 0.4) is 0 Å². The zero-order chi connectivity index (χ0) is 19.6. The Morgan fingerprint density at radius 1 is 1.22 bits per heavy atom. The third-order valence-electron chi connectivity index (χ3n) is 3.67. The highest BCUT2D eigenvalue weighted by Gasteiger charge is 2.28. The van der Waals surface area contributed by atoms with Crippen molar-refractivity contribution in [2.75, 3.05) is 17.7 Å². The minimum absolute atomic E-state index is 0.0113. The van der Waals surface area contributed by atoms with E-state index < -0.39 is 15.9 Å². The number of hydrogen-bond acceptors (Lipinski definition) is 6. The van der Waals surface area contributed by atoms with Crippen LogP contribution in [0.2, 0.25) is 0 Å². The molecule has 0 radical (unpaired) electrons. The third-order valence-corrected chi connectivity index (χ3v) is 4.83. The van der Waals surface area contributed by atoms with Crippen LogP contribution in [0, 0.1) is 0 Å². The van der Waals surface area contributed by atoms with Gasteiger partial charge in [0.2, 0.25) is 10.0 Å². The topological polar surface area (TPSA) is 135 Å². The fourth-order valence-corrected chi connectivity index (χ4v) is 3.36. The smallest absolute Gasteiger partial charge is 0.276 e. The van der Waals surface area contributed by atoms with E-state index in [1.54, 1.807) is 24.3 Å². The first-order chi connectivity index (χ1) is 12.8. The van der Waals surface area contributed by atoms with Crippen molar-refractivity contribution < 1.29 is 17.9 Å². The molecule has 0 atom stereocenters. The van der Waals surface area contributed by atoms with E-state index in [2.05, 4.69) is 21.2 Å². The zero-order valence-corrected chi connectivity index (χ0v) is 15.6. The molecule has 27 heavy (non-hydrogen) atoms. The molecule has 0 saturated heterocycles. The molecule has 1 heterocycles. The first-order valence-corrected chi connectivity index (χ1v) is 9.52. The monoisotopic (exact) mass is 405 g/mol. The average molecular weight is 405 g/mol. The first-order valence-electron chi connectivity index (χ1n) is 7.56. The van der Waals surface area contributed by atoms with E-state index in [1.807, 2.05) is 0 Å². The Bertz CT molecular complexity index is 1070. The van der Waals surface area contributed by atoms with Gasteiger partial charge in [-0.15, -0.1) is 0 Å². The van der Waals surface area contributed by atoms with Crippen LogP contribution in [-0.4, -0.2) is 32.3 Å². The fourth-order valence-electron chi connectivity index (χ4n) is 2.51. The number of rotatable bonds is 4. The number of ether oxygens (including phenoxy) is 1. The van der Waals surface area contributed by atoms with Crippen molar-refractivity contribution in [1.29, 1.82) is 0 Å². The molecule has 0 aliphatic carbocycles. The molecule has 0 saturated carbocycles. The number of nitrogens with one attached hydrogen (secondary N) is 3. The number of amides is 1. The van der Waals surface area contributed by atoms with Crippen molar-refractivity contribution in [2.24, 2.45) is 10.2 Å². The maximum Gasteiger partial charge on any atom is 0.276 e. The minimum atomic E-state index is -3.93. The van der Waals surface area contributed by atoms with Gasteiger partial charge in [0.15, 0.2) is 10.8 Å². The molecule has 11 heteroatoms. The third kappa shape index (κ3) is 3.89. The zero-order valence-electron chi connectivity index (χ0n) is 14.0. The maximum atomic E-state index is 12.2. The van der Waals surface area contributed by atoms with Gasteiger partial charge in [-0.25, -0.2) is 13.6 Å². The molecule has 0 aromatic heterocycles. The molecule has 2 aromatic rings. The number of anilines is 2. The summed E-state index contributed by atoms with van der Waals surface area (Å²) in [5.41, 5.74) is 3.91. The standard InChI is InChI=1S/C16H15N5O4S2/c1-25-11-7-4-5-9-13(11)19-15(22)14(9)20-21-16(26)18-10-6-2-3-8-12(10)27(17,23)24/h2-8H,1H3,(H2,17,23,24)(H2,18,21,26)(H,19,20,22). The Morgan fingerprint density at radius 2 is 1.96 bits per heavy atom. The number of thiocarbonyl (C=S) groups is 1. The van der Waals surface area contributed by atoms with Crippen molar-refractivity contribution in [2.45, 2.75) is 4.90 Å². The van der Waals surface area contributed by atoms with Gasteiger partial charge in [0, 0.05) is 5.56 Å². The van der Waals surface area contributed by atoms with Crippen LogP contribution in [-0.2, 0) is 14.8 Å². The number of methoxy groups -OCH3 is 1. The Kier molecular flexibility index (Phi) is 5.08. The van der Waals surface area contributed by atoms with Gasteiger partial charge >= 0.3 is 0 Å². The van der Waals surface area contributed by atoms with Crippen molar-refractivity contribution >= 4 is 50.3 Å². The van der Waals surface area contributed by atoms with Crippen molar-refractivity contribution in [3.05, 3.63) is 48.0 Å². The van der Waals surface area contributed by atoms with Crippen molar-refractivity contribution in [1.82, 2.24) is 5.43 Å². The molecule has 1 amide bonds. The second-order valence-electron chi connectivity index (χ2n) is 5.40. The number of carbonyl (C=O) groups is 1. The molecule has 5 N–H and O–H groups in total. The lowest BCUT2D eigenvalue weighted by Gasteiger charge is -2.11. The second-order valence-corrected chi connectivity index (χ2v) is 7.34. The lowest BCUT2D eigenvalue weighted by molar-refractivity contribution is -0.110. The lowest BCUT2D eigenvalue weighted by atomic mass is 10.1. The SMILES string of the molecule is COc1cccc2c1NC(=O)C2=NNC(=S)Nc1ccccc1S(N)(=O)=O. The number of nitrogens with two attached hydrogens (primary N) is 1. The van der Waals surface area contributed by atoms with E-state index in [0.717, 1.165) is 0 Å². The Balaban J connectivity index is 1.81. The highest BCUT2D eigenvalue weighted by molar-refractivity contribution is 7.89. The average Bonchev–Trinajstić information content (AvgIpc) is 2.94. The summed E-state index contributed by atoms with van der Waals surface area (Å²) in [6.45, 7) is 0. The van der Waals surface area contributed by atoms with Gasteiger partial charge in [0.1, 0.15) is 10.6 Å². The number of sulfonamides is 1. The van der Waals surface area contributed by atoms with Gasteiger partial charge in [-0.3, -0.25) is 10.2 Å². The Labute approximate surface area is 160 Å². The number of carbonyl (C=O) groups excluding carboxylic acids is 1. The van der Waals surface area contributed by atoms with E-state index in [1.165, 1.54) is 25.3 Å². The number of para-hydroxylation sites is 2. The summed E-state index contributed by atoms with van der Waals surface area (Å²) in [4.78, 5) is 12.0. The molecule has 1 aliphatic heterocycles. The Hall–Kier alpha value is -3.02. The lowest BCUT2D eigenvalue weighted by Crippen LogP contribution is -2.28. The molecule has 0 fully saturated rings. The Morgan fingerprint density at radius 3 is 2.67 bits per heavy atom. The predicted octanol–water partition coefficient (Wildman–Crippen LogP) is 0.985. The van der Waals surface area contributed by atoms with E-state index in [0.29, 0.717) is 17.0 Å². The summed E-state index contributed by atoms with van der Waals surface area (Å²) in [7, 11) is -2.43. The second kappa shape index (κ2) is 7.31. The molecule has 3 rings (SSSR count). The van der Waals surface area contributed by atoms with Crippen LogP contribution in [0.1, 0.15) is 5.56 Å². The van der Waals surface area contributed by atoms with E-state index in [4.69, 9.17) is 22.1 Å². The largest absolute Gasteiger partial charge is 0.495 e. The molecule has 1 aliphatic rings. The van der Waals surface area contributed by atoms with Crippen LogP contribution in [0.5, 0.6) is 5.75 Å². The molecule has 2 aromatic carbocycles. The minimum Gasteiger partial charge on any atom is -0.495 e. The quantitative estimate of drug-likeness (QED) is 0.440. The van der Waals surface area contributed by atoms with E-state index >= 15 is 0 Å². The number of fused-ring (bicyclic) bond motifs is 1. The number of nitrogens with zero attached hydrogens (tertiary/aromatic N) is 1. The molecule has 9 nitrogen and oxygen atoms in total. The van der Waals surface area contributed by atoms with Crippen LogP contribution in [0.25, 0.3) is 0 Å². The normalized spacial score (nSPS) is 14.4. The summed E-state index contributed by atoms with van der Waals surface area (Å²) in [6, 6.07) is 11.2. The number of primary sulfonamides is 1. The van der Waals surface area contributed by atoms with Crippen LogP contribution < -0.4 is 25.9 Å². The molecular formula is C16H15N5O4S2. The molecular weight excluding hydrogens is 390 g/mol. The summed E-state index contributed by atoms with van der Waals surface area (Å²) in [5, 5.41) is 14.6. The van der Waals surface area contributed by atoms with Gasteiger partial charge in [-0.2, -0.15) is 5.10 Å². The fraction of sp³-hybridized carbons (Fsp3) is 0.0625. The number of hydrazone groups is 1. The highest BCUT2D eigenvalue weighted by Crippen LogP contribution is 2.32. The van der Waals surface area contributed by atoms with E-state index in [-0.39, 0.29) is 21.4 Å². The number of benzene rings is 2. The first kappa shape index (κ1) is 18.8. The maximum absolute atomic E-state index is 12.2. The van der Waals surface area contributed by atoms with Crippen LogP contribution in [0.4, 0.5) is 11.4 Å². The highest BCUT2D eigenvalue weighted by atomic mass is 32.2. The van der Waals surface area contributed by atoms with Gasteiger partial charge in [-0.05, 0) is 30.4 Å². The van der Waals surface area contributed by atoms with E-state index in [9.17, 15) is 13.2 Å². The van der Waals surface area contributed by atoms with Crippen molar-refractivity contribution in [3.8, 4) is 5.75 Å². The van der Waals surface area contributed by atoms with Crippen molar-refractivity contribution in [3.63, 3.8) is 0 Å². The predicted molar refractivity (Wildman–Crippen MR) is 105 cm³/mol. The molecule has 0 bridgehead atoms. The summed E-state index contributed by atoms with van der Waals surface area (Å²) in [5.74, 6) is 0.0866. The summed E-state index contributed by atoms with van der Waals surface area (Å²) in [6.07, 6.45) is 0. The summed E-state index contributed by atoms with van der Waals surface area (Å²) < 4.78 is 28.5. The molecule has 140 valence electrons. The van der Waals surface area contributed by atoms with Gasteiger partial charge < -0.3 is 15.4 Å². The van der Waals surface area contributed by atoms with Gasteiger partial charge in [0.05, 0.1) is 18.5 Å². The summed E-state index contributed by atoms with van der Waals surface area (Å²) >= 11 is 5.12. The van der Waals surface area contributed by atoms with Crippen LogP contribution in [0.15, 0.2) is 52.5 Å². The molecule has 0 spiro atoms. The molecule has 0 unspecified atom stereocenters. The number of hydrogen-bond donors (Lipinski definition) is 4.